The van der Waals surface area contributed by atoms with Gasteiger partial charge in [0.05, 0.1) is 25.3 Å². The number of pyridine rings is 1. The summed E-state index contributed by atoms with van der Waals surface area (Å²) in [7, 11) is 1.67. The molecule has 6 heteroatoms. The van der Waals surface area contributed by atoms with E-state index in [2.05, 4.69) is 15.6 Å². The normalized spacial score (nSPS) is 10.3. The van der Waals surface area contributed by atoms with Crippen LogP contribution in [0.5, 0.6) is 5.75 Å². The van der Waals surface area contributed by atoms with Crippen molar-refractivity contribution in [2.45, 2.75) is 6.42 Å². The van der Waals surface area contributed by atoms with Gasteiger partial charge in [0.25, 0.3) is 5.91 Å². The number of anilines is 2. The van der Waals surface area contributed by atoms with Gasteiger partial charge in [0, 0.05) is 6.54 Å². The number of amides is 1. The van der Waals surface area contributed by atoms with E-state index in [1.54, 1.807) is 31.5 Å². The first-order valence-electron chi connectivity index (χ1n) is 7.93. The molecule has 0 spiro atoms. The number of nitrogens with zero attached hydrogens (tertiary/aromatic N) is 1. The smallest absolute Gasteiger partial charge is 0.292 e. The molecule has 0 atom stereocenters. The minimum atomic E-state index is -0.325. The number of furan rings is 1. The van der Waals surface area contributed by atoms with E-state index in [0.717, 1.165) is 30.0 Å². The summed E-state index contributed by atoms with van der Waals surface area (Å²) < 4.78 is 10.4. The van der Waals surface area contributed by atoms with Crippen molar-refractivity contribution in [2.75, 3.05) is 24.3 Å². The molecule has 0 unspecified atom stereocenters. The first-order valence-corrected chi connectivity index (χ1v) is 7.93. The predicted molar refractivity (Wildman–Crippen MR) is 96.1 cm³/mol. The van der Waals surface area contributed by atoms with Crippen LogP contribution in [0.25, 0.3) is 0 Å². The number of para-hydroxylation sites is 1. The van der Waals surface area contributed by atoms with Crippen molar-refractivity contribution in [3.8, 4) is 5.75 Å². The Bertz CT molecular complexity index is 814. The number of benzene rings is 1. The highest BCUT2D eigenvalue weighted by Gasteiger charge is 2.09. The van der Waals surface area contributed by atoms with E-state index in [4.69, 9.17) is 9.15 Å². The summed E-state index contributed by atoms with van der Waals surface area (Å²) in [6.07, 6.45) is 3.97. The van der Waals surface area contributed by atoms with Crippen molar-refractivity contribution in [3.05, 3.63) is 72.3 Å². The van der Waals surface area contributed by atoms with Gasteiger partial charge in [-0.2, -0.15) is 0 Å². The van der Waals surface area contributed by atoms with Gasteiger partial charge < -0.3 is 19.8 Å². The molecule has 0 saturated carbocycles. The largest absolute Gasteiger partial charge is 0.496 e. The van der Waals surface area contributed by atoms with Crippen LogP contribution in [-0.4, -0.2) is 24.5 Å². The molecule has 2 heterocycles. The van der Waals surface area contributed by atoms with Gasteiger partial charge >= 0.3 is 0 Å². The second kappa shape index (κ2) is 8.01. The van der Waals surface area contributed by atoms with Gasteiger partial charge in [-0.1, -0.05) is 18.2 Å². The fourth-order valence-corrected chi connectivity index (χ4v) is 2.41. The van der Waals surface area contributed by atoms with Gasteiger partial charge in [0.1, 0.15) is 11.6 Å². The van der Waals surface area contributed by atoms with Gasteiger partial charge in [-0.15, -0.1) is 0 Å². The Balaban J connectivity index is 1.52. The van der Waals surface area contributed by atoms with E-state index in [9.17, 15) is 4.79 Å². The zero-order valence-electron chi connectivity index (χ0n) is 13.9. The maximum Gasteiger partial charge on any atom is 0.292 e. The van der Waals surface area contributed by atoms with Crippen LogP contribution in [0.4, 0.5) is 11.5 Å². The lowest BCUT2D eigenvalue weighted by Gasteiger charge is -2.10. The number of ether oxygens (including phenoxy) is 1. The number of hydrogen-bond donors (Lipinski definition) is 2. The number of hydrogen-bond acceptors (Lipinski definition) is 5. The van der Waals surface area contributed by atoms with Crippen LogP contribution < -0.4 is 15.4 Å². The fraction of sp³-hybridized carbons (Fsp3) is 0.158. The third-order valence-electron chi connectivity index (χ3n) is 3.67. The standard InChI is InChI=1S/C19H19N3O3/c1-24-16-6-3-2-5-14(16)10-11-20-15-8-9-18(21-13-15)22-19(23)17-7-4-12-25-17/h2-9,12-13,20H,10-11H2,1H3,(H,21,22,23). The number of carbonyl (C=O) groups is 1. The maximum absolute atomic E-state index is 11.9. The lowest BCUT2D eigenvalue weighted by molar-refractivity contribution is 0.0996. The summed E-state index contributed by atoms with van der Waals surface area (Å²) in [4.78, 5) is 16.1. The minimum absolute atomic E-state index is 0.251. The molecule has 1 amide bonds. The molecule has 2 aromatic heterocycles. The first kappa shape index (κ1) is 16.6. The Labute approximate surface area is 145 Å². The monoisotopic (exact) mass is 337 g/mol. The zero-order valence-corrected chi connectivity index (χ0v) is 13.9. The number of rotatable bonds is 7. The molecule has 128 valence electrons. The molecule has 0 aliphatic heterocycles. The molecule has 0 saturated heterocycles. The molecule has 3 rings (SSSR count). The highest BCUT2D eigenvalue weighted by Crippen LogP contribution is 2.18. The molecule has 0 bridgehead atoms. The van der Waals surface area contributed by atoms with E-state index in [0.29, 0.717) is 5.82 Å². The molecule has 6 nitrogen and oxygen atoms in total. The topological polar surface area (TPSA) is 76.4 Å². The Morgan fingerprint density at radius 2 is 2.04 bits per heavy atom. The molecular weight excluding hydrogens is 318 g/mol. The van der Waals surface area contributed by atoms with Gasteiger partial charge in [-0.05, 0) is 42.3 Å². The summed E-state index contributed by atoms with van der Waals surface area (Å²) in [6.45, 7) is 0.750. The quantitative estimate of drug-likeness (QED) is 0.689. The highest BCUT2D eigenvalue weighted by atomic mass is 16.5. The summed E-state index contributed by atoms with van der Waals surface area (Å²) in [5.41, 5.74) is 2.03. The van der Waals surface area contributed by atoms with Crippen molar-refractivity contribution in [1.29, 1.82) is 0 Å². The number of methoxy groups -OCH3 is 1. The van der Waals surface area contributed by atoms with Gasteiger partial charge in [0.15, 0.2) is 5.76 Å². The molecule has 25 heavy (non-hydrogen) atoms. The molecular formula is C19H19N3O3. The summed E-state index contributed by atoms with van der Waals surface area (Å²) in [5.74, 6) is 1.28. The van der Waals surface area contributed by atoms with E-state index >= 15 is 0 Å². The zero-order chi connectivity index (χ0) is 17.5. The van der Waals surface area contributed by atoms with E-state index in [1.165, 1.54) is 6.26 Å². The molecule has 0 fully saturated rings. The maximum atomic E-state index is 11.9. The Morgan fingerprint density at radius 1 is 1.16 bits per heavy atom. The molecule has 3 aromatic rings. The van der Waals surface area contributed by atoms with Crippen molar-refractivity contribution in [3.63, 3.8) is 0 Å². The lowest BCUT2D eigenvalue weighted by atomic mass is 10.1. The van der Waals surface area contributed by atoms with Crippen molar-refractivity contribution < 1.29 is 13.9 Å². The molecule has 1 aromatic carbocycles. The van der Waals surface area contributed by atoms with Crippen LogP contribution in [-0.2, 0) is 6.42 Å². The molecule has 0 aliphatic rings. The minimum Gasteiger partial charge on any atom is -0.496 e. The van der Waals surface area contributed by atoms with Gasteiger partial charge in [-0.25, -0.2) is 4.98 Å². The Morgan fingerprint density at radius 3 is 2.76 bits per heavy atom. The number of aromatic nitrogens is 1. The number of carbonyl (C=O) groups excluding carboxylic acids is 1. The second-order valence-corrected chi connectivity index (χ2v) is 5.35. The third-order valence-corrected chi connectivity index (χ3v) is 3.67. The summed E-state index contributed by atoms with van der Waals surface area (Å²) >= 11 is 0. The van der Waals surface area contributed by atoms with Crippen LogP contribution in [0.3, 0.4) is 0 Å². The summed E-state index contributed by atoms with van der Waals surface area (Å²) in [5, 5.41) is 5.98. The molecule has 0 radical (unpaired) electrons. The third kappa shape index (κ3) is 4.38. The fourth-order valence-electron chi connectivity index (χ4n) is 2.41. The van der Waals surface area contributed by atoms with Gasteiger partial charge in [-0.3, -0.25) is 4.79 Å². The Kier molecular flexibility index (Phi) is 5.31. The lowest BCUT2D eigenvalue weighted by Crippen LogP contribution is -2.12. The average molecular weight is 337 g/mol. The van der Waals surface area contributed by atoms with E-state index in [1.807, 2.05) is 30.3 Å². The van der Waals surface area contributed by atoms with Gasteiger partial charge in [0.2, 0.25) is 0 Å². The number of nitrogens with one attached hydrogen (secondary N) is 2. The van der Waals surface area contributed by atoms with Crippen molar-refractivity contribution in [1.82, 2.24) is 4.98 Å². The van der Waals surface area contributed by atoms with Crippen LogP contribution in [0.1, 0.15) is 16.1 Å². The van der Waals surface area contributed by atoms with Crippen LogP contribution in [0, 0.1) is 0 Å². The molecule has 0 aliphatic carbocycles. The highest BCUT2D eigenvalue weighted by molar-refractivity contribution is 6.01. The van der Waals surface area contributed by atoms with E-state index in [-0.39, 0.29) is 11.7 Å². The second-order valence-electron chi connectivity index (χ2n) is 5.35. The van der Waals surface area contributed by atoms with Crippen LogP contribution in [0.15, 0.2) is 65.4 Å². The van der Waals surface area contributed by atoms with Crippen LogP contribution >= 0.6 is 0 Å². The first-order chi connectivity index (χ1) is 12.3. The molecule has 2 N–H and O–H groups in total. The summed E-state index contributed by atoms with van der Waals surface area (Å²) in [6, 6.07) is 14.8. The van der Waals surface area contributed by atoms with Crippen molar-refractivity contribution in [2.24, 2.45) is 0 Å². The Hall–Kier alpha value is -3.28. The van der Waals surface area contributed by atoms with E-state index < -0.39 is 0 Å². The van der Waals surface area contributed by atoms with Crippen LogP contribution in [0.2, 0.25) is 0 Å². The SMILES string of the molecule is COc1ccccc1CCNc1ccc(NC(=O)c2ccco2)nc1. The average Bonchev–Trinajstić information content (AvgIpc) is 3.18. The van der Waals surface area contributed by atoms with Crippen molar-refractivity contribution >= 4 is 17.4 Å². The predicted octanol–water partition coefficient (Wildman–Crippen LogP) is 3.59.